The van der Waals surface area contributed by atoms with Crippen LogP contribution in [-0.4, -0.2) is 45.5 Å². The van der Waals surface area contributed by atoms with Gasteiger partial charge in [0.05, 0.1) is 25.4 Å². The molecule has 2 heterocycles. The molecule has 2 aromatic rings. The lowest BCUT2D eigenvalue weighted by Crippen LogP contribution is -2.31. The Hall–Kier alpha value is -2.23. The molecule has 4 N–H and O–H groups in total. The summed E-state index contributed by atoms with van der Waals surface area (Å²) in [6.45, 7) is 0.357. The van der Waals surface area contributed by atoms with Crippen LogP contribution in [0.5, 0.6) is 5.75 Å². The van der Waals surface area contributed by atoms with E-state index >= 15 is 0 Å². The normalized spacial score (nSPS) is 15.5. The molecule has 0 radical (unpaired) electrons. The molecule has 2 aromatic carbocycles. The SMILES string of the molecule is NCCSC1CC(=O)N(c2ccc(-c3c4cc(Br)c(=O)c(Br)c-4oc4c(Br)c(O)c(Br)cc34)c(C(=O)O)c2)C1=O. The molecule has 5 rings (SSSR count). The summed E-state index contributed by atoms with van der Waals surface area (Å²) in [5.41, 5.74) is 6.28. The Bertz CT molecular complexity index is 1790. The summed E-state index contributed by atoms with van der Waals surface area (Å²) in [4.78, 5) is 52.1. The maximum atomic E-state index is 13.0. The number of phenols is 1. The van der Waals surface area contributed by atoms with Gasteiger partial charge in [0.2, 0.25) is 17.2 Å². The fraction of sp³-hybridized carbons (Fsp3) is 0.154. The Morgan fingerprint density at radius 2 is 1.77 bits per heavy atom. The van der Waals surface area contributed by atoms with Crippen LogP contribution in [0.15, 0.2) is 57.4 Å². The molecule has 1 aliphatic carbocycles. The van der Waals surface area contributed by atoms with Gasteiger partial charge in [-0.1, -0.05) is 6.07 Å². The van der Waals surface area contributed by atoms with E-state index < -0.39 is 23.0 Å². The molecule has 40 heavy (non-hydrogen) atoms. The third-order valence-electron chi connectivity index (χ3n) is 6.33. The zero-order chi connectivity index (χ0) is 29.0. The van der Waals surface area contributed by atoms with E-state index in [1.54, 1.807) is 6.07 Å². The molecule has 0 aromatic heterocycles. The molecule has 206 valence electrons. The molecule has 3 aliphatic rings. The summed E-state index contributed by atoms with van der Waals surface area (Å²) in [6, 6.07) is 7.40. The minimum absolute atomic E-state index is 0.00570. The van der Waals surface area contributed by atoms with Crippen molar-refractivity contribution in [2.45, 2.75) is 11.7 Å². The van der Waals surface area contributed by atoms with E-state index in [4.69, 9.17) is 10.2 Å². The van der Waals surface area contributed by atoms with Crippen molar-refractivity contribution in [1.29, 1.82) is 0 Å². The number of hydrogen-bond acceptors (Lipinski definition) is 8. The number of benzene rings is 3. The third-order valence-corrected chi connectivity index (χ3v) is 10.2. The van der Waals surface area contributed by atoms with E-state index in [2.05, 4.69) is 63.7 Å². The first-order chi connectivity index (χ1) is 19.0. The maximum absolute atomic E-state index is 13.0. The molecule has 1 fully saturated rings. The lowest BCUT2D eigenvalue weighted by molar-refractivity contribution is -0.121. The zero-order valence-electron chi connectivity index (χ0n) is 20.0. The fourth-order valence-electron chi connectivity index (χ4n) is 4.57. The number of carbonyl (C=O) groups excluding carboxylic acids is 2. The first-order valence-electron chi connectivity index (χ1n) is 11.5. The van der Waals surface area contributed by atoms with E-state index in [1.165, 1.54) is 36.0 Å². The van der Waals surface area contributed by atoms with E-state index in [1.807, 2.05) is 0 Å². The second-order valence-corrected chi connectivity index (χ2v) is 13.3. The number of rotatable bonds is 6. The average molecular weight is 820 g/mol. The van der Waals surface area contributed by atoms with Crippen molar-refractivity contribution in [2.24, 2.45) is 5.73 Å². The summed E-state index contributed by atoms with van der Waals surface area (Å²) >= 11 is 14.5. The minimum Gasteiger partial charge on any atom is -0.505 e. The molecule has 1 saturated heterocycles. The van der Waals surface area contributed by atoms with Crippen LogP contribution < -0.4 is 16.1 Å². The van der Waals surface area contributed by atoms with Gasteiger partial charge in [0.1, 0.15) is 14.7 Å². The third kappa shape index (κ3) is 4.81. The highest BCUT2D eigenvalue weighted by Gasteiger charge is 2.40. The molecule has 2 aliphatic heterocycles. The second kappa shape index (κ2) is 11.2. The van der Waals surface area contributed by atoms with Gasteiger partial charge in [0.25, 0.3) is 0 Å². The van der Waals surface area contributed by atoms with Crippen LogP contribution in [0.25, 0.3) is 33.4 Å². The van der Waals surface area contributed by atoms with Gasteiger partial charge in [-0.25, -0.2) is 9.69 Å². The lowest BCUT2D eigenvalue weighted by atomic mass is 9.90. The van der Waals surface area contributed by atoms with Crippen LogP contribution in [-0.2, 0) is 9.59 Å². The number of nitrogens with two attached hydrogens (primary N) is 1. The standard InChI is InChI=1S/C26H16Br4N2O7S/c27-14-6-12-18(13-7-15(28)22(35)20(30)24(13)39-23(12)19(29)21(14)34)10-2-1-9(5-11(10)26(37)38)32-17(33)8-16(25(32)36)40-4-3-31/h1-2,5-7,16,34H,3-4,8,31H2,(H,37,38). The van der Waals surface area contributed by atoms with Crippen LogP contribution in [0.2, 0.25) is 0 Å². The number of aromatic hydroxyl groups is 1. The molecular formula is C26H16Br4N2O7S. The first kappa shape index (κ1) is 29.3. The predicted octanol–water partition coefficient (Wildman–Crippen LogP) is 6.34. The Labute approximate surface area is 263 Å². The fourth-order valence-corrected chi connectivity index (χ4v) is 7.90. The first-order valence-corrected chi connectivity index (χ1v) is 15.7. The van der Waals surface area contributed by atoms with E-state index in [0.717, 1.165) is 4.90 Å². The van der Waals surface area contributed by atoms with Gasteiger partial charge in [-0.3, -0.25) is 14.4 Å². The number of carbonyl (C=O) groups is 3. The number of nitrogens with zero attached hydrogens (tertiary/aromatic N) is 1. The number of hydrogen-bond donors (Lipinski definition) is 3. The lowest BCUT2D eigenvalue weighted by Gasteiger charge is -2.21. The quantitative estimate of drug-likeness (QED) is 0.150. The Morgan fingerprint density at radius 3 is 2.45 bits per heavy atom. The van der Waals surface area contributed by atoms with Crippen LogP contribution >= 0.6 is 75.5 Å². The van der Waals surface area contributed by atoms with E-state index in [0.29, 0.717) is 33.3 Å². The highest BCUT2D eigenvalue weighted by Crippen LogP contribution is 2.49. The maximum Gasteiger partial charge on any atom is 0.336 e. The van der Waals surface area contributed by atoms with Gasteiger partial charge in [0, 0.05) is 35.2 Å². The number of fused-ring (bicyclic) bond motifs is 2. The largest absolute Gasteiger partial charge is 0.505 e. The summed E-state index contributed by atoms with van der Waals surface area (Å²) < 4.78 is 6.87. The van der Waals surface area contributed by atoms with Gasteiger partial charge in [-0.2, -0.15) is 0 Å². The number of anilines is 1. The van der Waals surface area contributed by atoms with Crippen molar-refractivity contribution in [2.75, 3.05) is 17.2 Å². The summed E-state index contributed by atoms with van der Waals surface area (Å²) in [6.07, 6.45) is -0.00570. The van der Waals surface area contributed by atoms with Crippen LogP contribution in [0.4, 0.5) is 5.69 Å². The Balaban J connectivity index is 1.80. The monoisotopic (exact) mass is 816 g/mol. The van der Waals surface area contributed by atoms with Crippen LogP contribution in [0, 0.1) is 0 Å². The number of aromatic carboxylic acids is 1. The van der Waals surface area contributed by atoms with Gasteiger partial charge in [-0.15, -0.1) is 11.8 Å². The molecular weight excluding hydrogens is 804 g/mol. The molecule has 1 atom stereocenters. The van der Waals surface area contributed by atoms with Crippen molar-refractivity contribution < 1.29 is 29.0 Å². The smallest absolute Gasteiger partial charge is 0.336 e. The second-order valence-electron chi connectivity index (χ2n) is 8.71. The van der Waals surface area contributed by atoms with Gasteiger partial charge < -0.3 is 20.4 Å². The highest BCUT2D eigenvalue weighted by atomic mass is 79.9. The molecule has 0 saturated carbocycles. The van der Waals surface area contributed by atoms with Crippen molar-refractivity contribution in [3.8, 4) is 28.2 Å². The van der Waals surface area contributed by atoms with E-state index in [-0.39, 0.29) is 59.2 Å². The number of phenolic OH excluding ortho intramolecular Hbond substituents is 1. The van der Waals surface area contributed by atoms with E-state index in [9.17, 15) is 29.4 Å². The van der Waals surface area contributed by atoms with Gasteiger partial charge in [0.15, 0.2) is 11.3 Å². The number of carboxylic acids is 1. The van der Waals surface area contributed by atoms with Crippen molar-refractivity contribution in [1.82, 2.24) is 0 Å². The van der Waals surface area contributed by atoms with Gasteiger partial charge >= 0.3 is 5.97 Å². The van der Waals surface area contributed by atoms with Crippen LogP contribution in [0.3, 0.4) is 0 Å². The number of thioether (sulfide) groups is 1. The number of imide groups is 1. The van der Waals surface area contributed by atoms with Gasteiger partial charge in [-0.05, 0) is 93.5 Å². The number of carboxylic acid groups (broad SMARTS) is 1. The van der Waals surface area contributed by atoms with Crippen molar-refractivity contribution in [3.63, 3.8) is 0 Å². The van der Waals surface area contributed by atoms with Crippen LogP contribution in [0.1, 0.15) is 16.8 Å². The van der Waals surface area contributed by atoms with Crippen molar-refractivity contribution in [3.05, 3.63) is 64.0 Å². The Kier molecular flexibility index (Phi) is 8.21. The predicted molar refractivity (Wildman–Crippen MR) is 166 cm³/mol. The Morgan fingerprint density at radius 1 is 1.05 bits per heavy atom. The molecule has 0 spiro atoms. The zero-order valence-corrected chi connectivity index (χ0v) is 27.1. The summed E-state index contributed by atoms with van der Waals surface area (Å²) in [5, 5.41) is 20.6. The topological polar surface area (TPSA) is 151 Å². The number of amides is 2. The average Bonchev–Trinajstić information content (AvgIpc) is 3.20. The minimum atomic E-state index is -1.30. The molecule has 2 amide bonds. The summed E-state index contributed by atoms with van der Waals surface area (Å²) in [7, 11) is 0. The molecule has 0 bridgehead atoms. The van der Waals surface area contributed by atoms with Crippen molar-refractivity contribution >= 4 is 110 Å². The molecule has 9 nitrogen and oxygen atoms in total. The number of halogens is 4. The highest BCUT2D eigenvalue weighted by molar-refractivity contribution is 9.11. The summed E-state index contributed by atoms with van der Waals surface area (Å²) in [5.74, 6) is -1.68. The molecule has 1 unspecified atom stereocenters. The molecule has 14 heteroatoms.